The van der Waals surface area contributed by atoms with E-state index in [2.05, 4.69) is 14.7 Å². The van der Waals surface area contributed by atoms with Gasteiger partial charge in [-0.1, -0.05) is 17.7 Å². The number of amidine groups is 1. The van der Waals surface area contributed by atoms with Crippen molar-refractivity contribution in [2.75, 3.05) is 26.5 Å². The fraction of sp³-hybridized carbons (Fsp3) is 0.182. The van der Waals surface area contributed by atoms with Crippen LogP contribution in [0.1, 0.15) is 21.6 Å². The van der Waals surface area contributed by atoms with Crippen molar-refractivity contribution in [2.24, 2.45) is 4.40 Å². The van der Waals surface area contributed by atoms with Crippen LogP contribution in [0.15, 0.2) is 70.1 Å². The molecule has 0 bridgehead atoms. The lowest BCUT2D eigenvalue weighted by Gasteiger charge is -2.16. The molecule has 0 saturated heterocycles. The van der Waals surface area contributed by atoms with Crippen LogP contribution in [-0.2, 0) is 14.8 Å². The molecule has 0 radical (unpaired) electrons. The van der Waals surface area contributed by atoms with Crippen LogP contribution in [0.25, 0.3) is 0 Å². The van der Waals surface area contributed by atoms with E-state index in [4.69, 9.17) is 4.74 Å². The number of carbonyl (C=O) groups excluding carboxylic acids is 1. The zero-order valence-electron chi connectivity index (χ0n) is 17.7. The number of sulfonamides is 1. The fourth-order valence-electron chi connectivity index (χ4n) is 2.88. The van der Waals surface area contributed by atoms with Crippen molar-refractivity contribution in [3.8, 4) is 0 Å². The molecule has 0 aliphatic rings. The van der Waals surface area contributed by atoms with Crippen molar-refractivity contribution in [3.63, 3.8) is 0 Å². The first-order valence-corrected chi connectivity index (χ1v) is 10.9. The second-order valence-corrected chi connectivity index (χ2v) is 8.63. The summed E-state index contributed by atoms with van der Waals surface area (Å²) in [4.78, 5) is 16.5. The second kappa shape index (κ2) is 9.05. The fourth-order valence-corrected chi connectivity index (χ4v) is 4.14. The van der Waals surface area contributed by atoms with Crippen LogP contribution < -0.4 is 5.32 Å². The molecule has 0 saturated carbocycles. The van der Waals surface area contributed by atoms with Gasteiger partial charge >= 0.3 is 5.97 Å². The first-order chi connectivity index (χ1) is 14.7. The lowest BCUT2D eigenvalue weighted by Crippen LogP contribution is -2.25. The van der Waals surface area contributed by atoms with Gasteiger partial charge in [0.15, 0.2) is 5.84 Å². The highest BCUT2D eigenvalue weighted by Crippen LogP contribution is 2.29. The Hall–Kier alpha value is -3.59. The maximum atomic E-state index is 13.4. The third-order valence-electron chi connectivity index (χ3n) is 4.48. The summed E-state index contributed by atoms with van der Waals surface area (Å²) >= 11 is 0. The molecule has 1 aromatic heterocycles. The number of rotatable bonds is 6. The molecule has 0 spiro atoms. The largest absolute Gasteiger partial charge is 0.465 e. The van der Waals surface area contributed by atoms with Crippen molar-refractivity contribution in [2.45, 2.75) is 11.8 Å². The number of aryl methyl sites for hydroxylation is 1. The molecule has 3 rings (SSSR count). The number of H-pyrrole nitrogens is 1. The van der Waals surface area contributed by atoms with E-state index in [-0.39, 0.29) is 16.3 Å². The number of benzene rings is 2. The Morgan fingerprint density at radius 3 is 2.39 bits per heavy atom. The Kier molecular flexibility index (Phi) is 6.45. The smallest absolute Gasteiger partial charge is 0.337 e. The Balaban J connectivity index is 2.14. The van der Waals surface area contributed by atoms with Crippen LogP contribution in [0.4, 0.5) is 11.4 Å². The molecule has 0 unspecified atom stereocenters. The van der Waals surface area contributed by atoms with E-state index >= 15 is 0 Å². The Bertz CT molecular complexity index is 1200. The monoisotopic (exact) mass is 440 g/mol. The molecule has 162 valence electrons. The maximum Gasteiger partial charge on any atom is 0.337 e. The van der Waals surface area contributed by atoms with Gasteiger partial charge in [0, 0.05) is 26.0 Å². The van der Waals surface area contributed by atoms with Crippen LogP contribution in [0.3, 0.4) is 0 Å². The molecule has 0 fully saturated rings. The van der Waals surface area contributed by atoms with Gasteiger partial charge in [-0.15, -0.1) is 4.40 Å². The number of carbonyl (C=O) groups is 1. The number of ether oxygens (including phenoxy) is 1. The molecule has 0 atom stereocenters. The Labute approximate surface area is 181 Å². The number of aromatic amines is 1. The van der Waals surface area contributed by atoms with Gasteiger partial charge < -0.3 is 19.9 Å². The molecule has 0 amide bonds. The third-order valence-corrected chi connectivity index (χ3v) is 5.79. The standard InChI is InChI=1S/C22H24N4O4S/c1-15-7-10-17(11-8-15)24-18-12-9-16(22(27)30-4)14-20(18)31(28,29)25-21(26(2)3)19-6-5-13-23-19/h5-14,23-24H,1-4H3. The predicted octanol–water partition coefficient (Wildman–Crippen LogP) is 3.55. The highest BCUT2D eigenvalue weighted by molar-refractivity contribution is 7.90. The molecular weight excluding hydrogens is 416 g/mol. The summed E-state index contributed by atoms with van der Waals surface area (Å²) in [6.45, 7) is 1.96. The van der Waals surface area contributed by atoms with E-state index < -0.39 is 16.0 Å². The minimum absolute atomic E-state index is 0.108. The van der Waals surface area contributed by atoms with Crippen molar-refractivity contribution in [3.05, 3.63) is 77.6 Å². The summed E-state index contributed by atoms with van der Waals surface area (Å²) in [5.74, 6) is -0.408. The number of hydrogen-bond donors (Lipinski definition) is 2. The van der Waals surface area contributed by atoms with Crippen LogP contribution >= 0.6 is 0 Å². The number of aromatic nitrogens is 1. The molecule has 2 N–H and O–H groups in total. The van der Waals surface area contributed by atoms with Crippen molar-refractivity contribution >= 4 is 33.2 Å². The average molecular weight is 441 g/mol. The van der Waals surface area contributed by atoms with Crippen LogP contribution in [-0.4, -0.2) is 51.3 Å². The van der Waals surface area contributed by atoms with Crippen molar-refractivity contribution in [1.82, 2.24) is 9.88 Å². The highest BCUT2D eigenvalue weighted by atomic mass is 32.2. The van der Waals surface area contributed by atoms with Crippen molar-refractivity contribution in [1.29, 1.82) is 0 Å². The lowest BCUT2D eigenvalue weighted by atomic mass is 10.2. The molecule has 9 heteroatoms. The van der Waals surface area contributed by atoms with Gasteiger partial charge in [-0.05, 0) is 49.4 Å². The first-order valence-electron chi connectivity index (χ1n) is 9.43. The van der Waals surface area contributed by atoms with E-state index in [0.29, 0.717) is 17.1 Å². The average Bonchev–Trinajstić information content (AvgIpc) is 3.27. The molecule has 1 heterocycles. The minimum Gasteiger partial charge on any atom is -0.465 e. The van der Waals surface area contributed by atoms with Gasteiger partial charge in [0.1, 0.15) is 4.90 Å². The van der Waals surface area contributed by atoms with E-state index in [1.54, 1.807) is 37.3 Å². The first kappa shape index (κ1) is 22.1. The topological polar surface area (TPSA) is 104 Å². The SMILES string of the molecule is COC(=O)c1ccc(Nc2ccc(C)cc2)c(S(=O)(=O)N=C(c2ccc[nH]2)N(C)C)c1. The van der Waals surface area contributed by atoms with E-state index in [1.807, 2.05) is 31.2 Å². The predicted molar refractivity (Wildman–Crippen MR) is 120 cm³/mol. The van der Waals surface area contributed by atoms with Gasteiger partial charge in [0.25, 0.3) is 10.0 Å². The van der Waals surface area contributed by atoms with E-state index in [1.165, 1.54) is 25.3 Å². The normalized spacial score (nSPS) is 11.8. The molecular formula is C22H24N4O4S. The van der Waals surface area contributed by atoms with Crippen molar-refractivity contribution < 1.29 is 17.9 Å². The van der Waals surface area contributed by atoms with Gasteiger partial charge in [0.05, 0.1) is 24.1 Å². The van der Waals surface area contributed by atoms with Crippen LogP contribution in [0.5, 0.6) is 0 Å². The summed E-state index contributed by atoms with van der Waals surface area (Å²) < 4.78 is 35.5. The van der Waals surface area contributed by atoms with Crippen LogP contribution in [0.2, 0.25) is 0 Å². The number of esters is 1. The minimum atomic E-state index is -4.20. The summed E-state index contributed by atoms with van der Waals surface area (Å²) in [6.07, 6.45) is 1.68. The van der Waals surface area contributed by atoms with Gasteiger partial charge in [-0.2, -0.15) is 8.42 Å². The zero-order chi connectivity index (χ0) is 22.6. The van der Waals surface area contributed by atoms with E-state index in [0.717, 1.165) is 5.56 Å². The van der Waals surface area contributed by atoms with E-state index in [9.17, 15) is 13.2 Å². The molecule has 2 aromatic carbocycles. The van der Waals surface area contributed by atoms with Gasteiger partial charge in [0.2, 0.25) is 0 Å². The Morgan fingerprint density at radius 1 is 1.10 bits per heavy atom. The number of hydrogen-bond acceptors (Lipinski definition) is 5. The summed E-state index contributed by atoms with van der Waals surface area (Å²) in [5, 5.41) is 3.11. The molecule has 8 nitrogen and oxygen atoms in total. The number of methoxy groups -OCH3 is 1. The molecule has 0 aliphatic carbocycles. The summed E-state index contributed by atoms with van der Waals surface area (Å²) in [7, 11) is 0.441. The lowest BCUT2D eigenvalue weighted by molar-refractivity contribution is 0.0600. The van der Waals surface area contributed by atoms with Crippen LogP contribution in [0, 0.1) is 6.92 Å². The number of anilines is 2. The van der Waals surface area contributed by atoms with Gasteiger partial charge in [-0.25, -0.2) is 4.79 Å². The van der Waals surface area contributed by atoms with Gasteiger partial charge in [-0.3, -0.25) is 0 Å². The molecule has 3 aromatic rings. The molecule has 31 heavy (non-hydrogen) atoms. The maximum absolute atomic E-state index is 13.4. The quantitative estimate of drug-likeness (QED) is 0.345. The third kappa shape index (κ3) is 5.13. The Morgan fingerprint density at radius 2 is 1.81 bits per heavy atom. The second-order valence-electron chi connectivity index (χ2n) is 7.06. The number of nitrogens with one attached hydrogen (secondary N) is 2. The highest BCUT2D eigenvalue weighted by Gasteiger charge is 2.23. The summed E-state index contributed by atoms with van der Waals surface area (Å²) in [5.41, 5.74) is 2.73. The zero-order valence-corrected chi connectivity index (χ0v) is 18.5. The molecule has 0 aliphatic heterocycles. The summed E-state index contributed by atoms with van der Waals surface area (Å²) in [6, 6.07) is 15.3. The number of nitrogens with zero attached hydrogens (tertiary/aromatic N) is 2.